The molecular formula is C27H35N5O2. The summed E-state index contributed by atoms with van der Waals surface area (Å²) in [7, 11) is 0. The van der Waals surface area contributed by atoms with Crippen LogP contribution in [0.1, 0.15) is 30.5 Å². The Balaban J connectivity index is 1.40. The van der Waals surface area contributed by atoms with Gasteiger partial charge in [-0.3, -0.25) is 14.5 Å². The van der Waals surface area contributed by atoms with Crippen molar-refractivity contribution in [3.8, 4) is 0 Å². The fourth-order valence-electron chi connectivity index (χ4n) is 4.67. The summed E-state index contributed by atoms with van der Waals surface area (Å²) in [6.45, 7) is 10.4. The molecule has 7 nitrogen and oxygen atoms in total. The summed E-state index contributed by atoms with van der Waals surface area (Å²) in [4.78, 5) is 33.2. The molecule has 1 fully saturated rings. The minimum atomic E-state index is -0.633. The minimum Gasteiger partial charge on any atom is -0.361 e. The summed E-state index contributed by atoms with van der Waals surface area (Å²) in [6, 6.07) is 15.6. The van der Waals surface area contributed by atoms with Gasteiger partial charge >= 0.3 is 0 Å². The molecule has 1 aliphatic heterocycles. The second-order valence-corrected chi connectivity index (χ2v) is 9.01. The first kappa shape index (κ1) is 24.0. The predicted octanol–water partition coefficient (Wildman–Crippen LogP) is 2.67. The monoisotopic (exact) mass is 461 g/mol. The molecule has 0 radical (unpaired) electrons. The molecular weight excluding hydrogens is 426 g/mol. The summed E-state index contributed by atoms with van der Waals surface area (Å²) in [5.74, 6) is -0.390. The van der Waals surface area contributed by atoms with Gasteiger partial charge in [-0.05, 0) is 29.3 Å². The zero-order valence-electron chi connectivity index (χ0n) is 20.1. The SMILES string of the molecule is CCN1CCN(Cc2ccccc2CNC(=O)C(Cc2c[nH]c3ccccc23)NC(C)=O)CC1. The lowest BCUT2D eigenvalue weighted by molar-refractivity contribution is -0.128. The first-order chi connectivity index (χ1) is 16.5. The van der Waals surface area contributed by atoms with Gasteiger partial charge in [0, 0.05) is 69.7 Å². The second kappa shape index (κ2) is 11.3. The number of benzene rings is 2. The Hall–Kier alpha value is -3.16. The largest absolute Gasteiger partial charge is 0.361 e. The zero-order valence-corrected chi connectivity index (χ0v) is 20.1. The number of amides is 2. The Bertz CT molecular complexity index is 1120. The molecule has 2 aromatic carbocycles. The molecule has 0 saturated carbocycles. The number of likely N-dealkylation sites (N-methyl/N-ethyl adjacent to an activating group) is 1. The molecule has 1 aliphatic rings. The number of rotatable bonds is 9. The molecule has 3 N–H and O–H groups in total. The van der Waals surface area contributed by atoms with Gasteiger partial charge in [-0.1, -0.05) is 49.4 Å². The summed E-state index contributed by atoms with van der Waals surface area (Å²) >= 11 is 0. The number of hydrogen-bond acceptors (Lipinski definition) is 4. The Morgan fingerprint density at radius 3 is 2.35 bits per heavy atom. The second-order valence-electron chi connectivity index (χ2n) is 9.01. The smallest absolute Gasteiger partial charge is 0.243 e. The number of aromatic amines is 1. The van der Waals surface area contributed by atoms with Crippen LogP contribution in [0.3, 0.4) is 0 Å². The summed E-state index contributed by atoms with van der Waals surface area (Å²) in [6.07, 6.45) is 2.35. The van der Waals surface area contributed by atoms with E-state index in [1.807, 2.05) is 36.5 Å². The lowest BCUT2D eigenvalue weighted by atomic mass is 10.0. The highest BCUT2D eigenvalue weighted by molar-refractivity contribution is 5.89. The minimum absolute atomic E-state index is 0.174. The Labute approximate surface area is 201 Å². The number of nitrogens with one attached hydrogen (secondary N) is 3. The number of hydrogen-bond donors (Lipinski definition) is 3. The van der Waals surface area contributed by atoms with Crippen LogP contribution in [0.15, 0.2) is 54.7 Å². The van der Waals surface area contributed by atoms with E-state index in [0.29, 0.717) is 13.0 Å². The van der Waals surface area contributed by atoms with Crippen LogP contribution in [0, 0.1) is 0 Å². The molecule has 7 heteroatoms. The van der Waals surface area contributed by atoms with Crippen molar-refractivity contribution >= 4 is 22.7 Å². The highest BCUT2D eigenvalue weighted by Gasteiger charge is 2.22. The standard InChI is InChI=1S/C27H35N5O2/c1-3-31-12-14-32(15-13-31)19-22-9-5-4-8-21(22)17-29-27(34)26(30-20(2)33)16-23-18-28-25-11-7-6-10-24(23)25/h4-11,18,26,28H,3,12-17,19H2,1-2H3,(H,29,34)(H,30,33). The van der Waals surface area contributed by atoms with Gasteiger partial charge < -0.3 is 20.5 Å². The van der Waals surface area contributed by atoms with Gasteiger partial charge in [-0.15, -0.1) is 0 Å². The molecule has 34 heavy (non-hydrogen) atoms. The molecule has 180 valence electrons. The molecule has 1 aromatic heterocycles. The molecule has 0 spiro atoms. The van der Waals surface area contributed by atoms with Crippen LogP contribution in [0.25, 0.3) is 10.9 Å². The molecule has 4 rings (SSSR count). The zero-order chi connectivity index (χ0) is 23.9. The van der Waals surface area contributed by atoms with Crippen LogP contribution in [-0.4, -0.2) is 65.4 Å². The number of H-pyrrole nitrogens is 1. The maximum atomic E-state index is 13.1. The molecule has 3 aromatic rings. The quantitative estimate of drug-likeness (QED) is 0.458. The van der Waals surface area contributed by atoms with Crippen LogP contribution >= 0.6 is 0 Å². The average molecular weight is 462 g/mol. The van der Waals surface area contributed by atoms with Gasteiger partial charge in [0.25, 0.3) is 0 Å². The lowest BCUT2D eigenvalue weighted by Gasteiger charge is -2.34. The van der Waals surface area contributed by atoms with Gasteiger partial charge in [-0.25, -0.2) is 0 Å². The van der Waals surface area contributed by atoms with Crippen molar-refractivity contribution in [1.29, 1.82) is 0 Å². The van der Waals surface area contributed by atoms with Gasteiger partial charge in [0.2, 0.25) is 11.8 Å². The third-order valence-electron chi connectivity index (χ3n) is 6.67. The van der Waals surface area contributed by atoms with Crippen molar-refractivity contribution in [2.24, 2.45) is 0 Å². The average Bonchev–Trinajstić information content (AvgIpc) is 3.26. The van der Waals surface area contributed by atoms with Crippen molar-refractivity contribution in [2.45, 2.75) is 39.4 Å². The molecule has 1 unspecified atom stereocenters. The topological polar surface area (TPSA) is 80.5 Å². The predicted molar refractivity (Wildman–Crippen MR) is 135 cm³/mol. The van der Waals surface area contributed by atoms with E-state index >= 15 is 0 Å². The fraction of sp³-hybridized carbons (Fsp3) is 0.407. The highest BCUT2D eigenvalue weighted by atomic mass is 16.2. The van der Waals surface area contributed by atoms with Crippen molar-refractivity contribution in [1.82, 2.24) is 25.4 Å². The Kier molecular flexibility index (Phi) is 7.98. The molecule has 1 atom stereocenters. The maximum absolute atomic E-state index is 13.1. The van der Waals surface area contributed by atoms with Gasteiger partial charge in [0.15, 0.2) is 0 Å². The molecule has 2 amide bonds. The van der Waals surface area contributed by atoms with E-state index in [1.54, 1.807) is 0 Å². The van der Waals surface area contributed by atoms with Crippen LogP contribution in [0.2, 0.25) is 0 Å². The number of carbonyl (C=O) groups is 2. The Morgan fingerprint density at radius 2 is 1.62 bits per heavy atom. The lowest BCUT2D eigenvalue weighted by Crippen LogP contribution is -2.47. The third kappa shape index (κ3) is 6.04. The normalized spacial score (nSPS) is 15.8. The van der Waals surface area contributed by atoms with Crippen molar-refractivity contribution < 1.29 is 9.59 Å². The van der Waals surface area contributed by atoms with E-state index in [0.717, 1.165) is 61.3 Å². The van der Waals surface area contributed by atoms with Gasteiger partial charge in [0.05, 0.1) is 0 Å². The summed E-state index contributed by atoms with van der Waals surface area (Å²) in [5, 5.41) is 6.97. The number of nitrogens with zero attached hydrogens (tertiary/aromatic N) is 2. The maximum Gasteiger partial charge on any atom is 0.243 e. The molecule has 1 saturated heterocycles. The summed E-state index contributed by atoms with van der Waals surface area (Å²) in [5.41, 5.74) is 4.38. The third-order valence-corrected chi connectivity index (χ3v) is 6.67. The van der Waals surface area contributed by atoms with Gasteiger partial charge in [-0.2, -0.15) is 0 Å². The van der Waals surface area contributed by atoms with Crippen molar-refractivity contribution in [2.75, 3.05) is 32.7 Å². The first-order valence-corrected chi connectivity index (χ1v) is 12.1. The first-order valence-electron chi connectivity index (χ1n) is 12.1. The van der Waals surface area contributed by atoms with E-state index in [1.165, 1.54) is 12.5 Å². The highest BCUT2D eigenvalue weighted by Crippen LogP contribution is 2.19. The van der Waals surface area contributed by atoms with Crippen molar-refractivity contribution in [3.05, 3.63) is 71.4 Å². The van der Waals surface area contributed by atoms with Gasteiger partial charge in [0.1, 0.15) is 6.04 Å². The van der Waals surface area contributed by atoms with Crippen LogP contribution < -0.4 is 10.6 Å². The van der Waals surface area contributed by atoms with Crippen molar-refractivity contribution in [3.63, 3.8) is 0 Å². The molecule has 0 aliphatic carbocycles. The van der Waals surface area contributed by atoms with Crippen LogP contribution in [-0.2, 0) is 29.1 Å². The fourth-order valence-corrected chi connectivity index (χ4v) is 4.67. The van der Waals surface area contributed by atoms with E-state index in [-0.39, 0.29) is 11.8 Å². The van der Waals surface area contributed by atoms with E-state index in [4.69, 9.17) is 0 Å². The van der Waals surface area contributed by atoms with Crippen LogP contribution in [0.4, 0.5) is 0 Å². The molecule has 0 bridgehead atoms. The molecule has 2 heterocycles. The number of para-hydroxylation sites is 1. The number of carbonyl (C=O) groups excluding carboxylic acids is 2. The number of aromatic nitrogens is 1. The van der Waals surface area contributed by atoms with Crippen LogP contribution in [0.5, 0.6) is 0 Å². The number of piperazine rings is 1. The van der Waals surface area contributed by atoms with E-state index in [2.05, 4.69) is 50.5 Å². The van der Waals surface area contributed by atoms with E-state index in [9.17, 15) is 9.59 Å². The Morgan fingerprint density at radius 1 is 0.941 bits per heavy atom. The number of fused-ring (bicyclic) bond motifs is 1. The van der Waals surface area contributed by atoms with E-state index < -0.39 is 6.04 Å². The summed E-state index contributed by atoms with van der Waals surface area (Å²) < 4.78 is 0.